The van der Waals surface area contributed by atoms with Crippen molar-refractivity contribution in [3.8, 4) is 0 Å². The molecule has 0 spiro atoms. The van der Waals surface area contributed by atoms with Crippen molar-refractivity contribution < 1.29 is 0 Å². The molecule has 0 amide bonds. The number of hydrogen-bond acceptors (Lipinski definition) is 4. The van der Waals surface area contributed by atoms with Crippen molar-refractivity contribution in [1.29, 1.82) is 0 Å². The van der Waals surface area contributed by atoms with E-state index in [9.17, 15) is 0 Å². The van der Waals surface area contributed by atoms with Gasteiger partial charge in [-0.05, 0) is 71.4 Å². The molecule has 0 aliphatic rings. The summed E-state index contributed by atoms with van der Waals surface area (Å²) in [4.78, 5) is 0. The Morgan fingerprint density at radius 2 is 0.933 bits per heavy atom. The summed E-state index contributed by atoms with van der Waals surface area (Å²) in [7, 11) is 0. The molecule has 0 aromatic carbocycles. The van der Waals surface area contributed by atoms with E-state index in [0.29, 0.717) is 0 Å². The standard InChI is InChI=1S/C11H28N4/c12-6-1-2-8-14-9-3-4-10-15-11-5-7-13/h14-15H,1-13H2. The van der Waals surface area contributed by atoms with E-state index in [4.69, 9.17) is 11.5 Å². The largest absolute Gasteiger partial charge is 0.330 e. The summed E-state index contributed by atoms with van der Waals surface area (Å²) in [6, 6.07) is 0. The molecule has 0 atom stereocenters. The van der Waals surface area contributed by atoms with Gasteiger partial charge in [0.25, 0.3) is 0 Å². The minimum atomic E-state index is 0.787. The molecular weight excluding hydrogens is 188 g/mol. The monoisotopic (exact) mass is 216 g/mol. The summed E-state index contributed by atoms with van der Waals surface area (Å²) < 4.78 is 0. The highest BCUT2D eigenvalue weighted by molar-refractivity contribution is 4.53. The molecule has 0 saturated carbocycles. The van der Waals surface area contributed by atoms with Gasteiger partial charge in [0.1, 0.15) is 0 Å². The van der Waals surface area contributed by atoms with Crippen molar-refractivity contribution in [1.82, 2.24) is 10.6 Å². The van der Waals surface area contributed by atoms with E-state index >= 15 is 0 Å². The minimum absolute atomic E-state index is 0.787. The average Bonchev–Trinajstić information content (AvgIpc) is 2.26. The van der Waals surface area contributed by atoms with Crippen molar-refractivity contribution in [2.45, 2.75) is 32.1 Å². The zero-order chi connectivity index (χ0) is 11.2. The first-order valence-electron chi connectivity index (χ1n) is 6.23. The number of nitrogens with one attached hydrogen (secondary N) is 2. The van der Waals surface area contributed by atoms with Crippen molar-refractivity contribution in [3.05, 3.63) is 0 Å². The van der Waals surface area contributed by atoms with Gasteiger partial charge in [-0.3, -0.25) is 0 Å². The topological polar surface area (TPSA) is 76.1 Å². The van der Waals surface area contributed by atoms with Crippen LogP contribution in [0, 0.1) is 0 Å². The van der Waals surface area contributed by atoms with Gasteiger partial charge in [-0.15, -0.1) is 0 Å². The van der Waals surface area contributed by atoms with E-state index in [1.165, 1.54) is 19.3 Å². The highest BCUT2D eigenvalue weighted by atomic mass is 14.9. The third kappa shape index (κ3) is 13.8. The van der Waals surface area contributed by atoms with Crippen LogP contribution in [0.4, 0.5) is 0 Å². The second kappa shape index (κ2) is 13.8. The Bertz CT molecular complexity index is 96.8. The Balaban J connectivity index is 2.81. The molecule has 0 heterocycles. The van der Waals surface area contributed by atoms with Crippen LogP contribution in [0.1, 0.15) is 32.1 Å². The molecule has 0 aromatic rings. The van der Waals surface area contributed by atoms with Crippen LogP contribution in [-0.4, -0.2) is 39.3 Å². The lowest BCUT2D eigenvalue weighted by atomic mass is 10.3. The zero-order valence-electron chi connectivity index (χ0n) is 9.93. The van der Waals surface area contributed by atoms with Gasteiger partial charge in [0.05, 0.1) is 0 Å². The van der Waals surface area contributed by atoms with Crippen molar-refractivity contribution in [3.63, 3.8) is 0 Å². The van der Waals surface area contributed by atoms with Crippen LogP contribution in [-0.2, 0) is 0 Å². The second-order valence-corrected chi connectivity index (χ2v) is 3.85. The predicted octanol–water partition coefficient (Wildman–Crippen LogP) is 0.0335. The number of nitrogens with two attached hydrogens (primary N) is 2. The lowest BCUT2D eigenvalue weighted by Crippen LogP contribution is -2.22. The van der Waals surface area contributed by atoms with E-state index in [0.717, 1.165) is 52.1 Å². The summed E-state index contributed by atoms with van der Waals surface area (Å²) >= 11 is 0. The van der Waals surface area contributed by atoms with E-state index in [1.807, 2.05) is 0 Å². The highest BCUT2D eigenvalue weighted by Crippen LogP contribution is 1.87. The van der Waals surface area contributed by atoms with Crippen LogP contribution >= 0.6 is 0 Å². The summed E-state index contributed by atoms with van der Waals surface area (Å²) in [5.74, 6) is 0. The maximum atomic E-state index is 5.40. The first-order valence-corrected chi connectivity index (χ1v) is 6.23. The molecule has 0 bridgehead atoms. The van der Waals surface area contributed by atoms with Gasteiger partial charge in [0.15, 0.2) is 0 Å². The fourth-order valence-electron chi connectivity index (χ4n) is 1.37. The van der Waals surface area contributed by atoms with Crippen LogP contribution in [0.15, 0.2) is 0 Å². The molecular formula is C11H28N4. The maximum Gasteiger partial charge on any atom is -0.00369 e. The van der Waals surface area contributed by atoms with Crippen LogP contribution in [0.3, 0.4) is 0 Å². The molecule has 6 N–H and O–H groups in total. The SMILES string of the molecule is NCCCCNCCCCNCCCN. The summed E-state index contributed by atoms with van der Waals surface area (Å²) in [5, 5.41) is 6.79. The summed E-state index contributed by atoms with van der Waals surface area (Å²) in [6.07, 6.45) is 5.91. The van der Waals surface area contributed by atoms with E-state index in [1.54, 1.807) is 0 Å². The Kier molecular flexibility index (Phi) is 13.7. The van der Waals surface area contributed by atoms with E-state index in [2.05, 4.69) is 10.6 Å². The first kappa shape index (κ1) is 14.8. The van der Waals surface area contributed by atoms with Crippen LogP contribution in [0.25, 0.3) is 0 Å². The molecule has 92 valence electrons. The molecule has 0 fully saturated rings. The van der Waals surface area contributed by atoms with Crippen molar-refractivity contribution in [2.75, 3.05) is 39.3 Å². The molecule has 0 aliphatic carbocycles. The lowest BCUT2D eigenvalue weighted by Gasteiger charge is -2.05. The van der Waals surface area contributed by atoms with Crippen molar-refractivity contribution >= 4 is 0 Å². The first-order chi connectivity index (χ1) is 7.41. The smallest absolute Gasteiger partial charge is 0.00369 e. The van der Waals surface area contributed by atoms with Gasteiger partial charge in [-0.2, -0.15) is 0 Å². The fourth-order valence-corrected chi connectivity index (χ4v) is 1.37. The number of rotatable bonds is 12. The average molecular weight is 216 g/mol. The quantitative estimate of drug-likeness (QED) is 0.347. The van der Waals surface area contributed by atoms with E-state index < -0.39 is 0 Å². The summed E-state index contributed by atoms with van der Waals surface area (Å²) in [6.45, 7) is 6.01. The lowest BCUT2D eigenvalue weighted by molar-refractivity contribution is 0.564. The predicted molar refractivity (Wildman–Crippen MR) is 66.9 cm³/mol. The number of hydrogen-bond donors (Lipinski definition) is 4. The Morgan fingerprint density at radius 1 is 0.533 bits per heavy atom. The van der Waals surface area contributed by atoms with Crippen LogP contribution < -0.4 is 22.1 Å². The minimum Gasteiger partial charge on any atom is -0.330 e. The van der Waals surface area contributed by atoms with Crippen LogP contribution in [0.5, 0.6) is 0 Å². The highest BCUT2D eigenvalue weighted by Gasteiger charge is 1.90. The Hall–Kier alpha value is -0.160. The molecule has 0 rings (SSSR count). The number of unbranched alkanes of at least 4 members (excludes halogenated alkanes) is 2. The van der Waals surface area contributed by atoms with E-state index in [-0.39, 0.29) is 0 Å². The molecule has 15 heavy (non-hydrogen) atoms. The third-order valence-electron chi connectivity index (χ3n) is 2.32. The zero-order valence-corrected chi connectivity index (χ0v) is 9.93. The van der Waals surface area contributed by atoms with Gasteiger partial charge < -0.3 is 22.1 Å². The normalized spacial score (nSPS) is 10.8. The Morgan fingerprint density at radius 3 is 1.40 bits per heavy atom. The molecule has 0 radical (unpaired) electrons. The fraction of sp³-hybridized carbons (Fsp3) is 1.00. The van der Waals surface area contributed by atoms with Gasteiger partial charge in [0, 0.05) is 0 Å². The van der Waals surface area contributed by atoms with Gasteiger partial charge in [0.2, 0.25) is 0 Å². The molecule has 4 nitrogen and oxygen atoms in total. The molecule has 0 aliphatic heterocycles. The second-order valence-electron chi connectivity index (χ2n) is 3.85. The molecule has 0 unspecified atom stereocenters. The van der Waals surface area contributed by atoms with Gasteiger partial charge >= 0.3 is 0 Å². The maximum absolute atomic E-state index is 5.40. The molecule has 4 heteroatoms. The van der Waals surface area contributed by atoms with Gasteiger partial charge in [-0.25, -0.2) is 0 Å². The third-order valence-corrected chi connectivity index (χ3v) is 2.32. The molecule has 0 aromatic heterocycles. The van der Waals surface area contributed by atoms with Crippen molar-refractivity contribution in [2.24, 2.45) is 11.5 Å². The Labute approximate surface area is 94.2 Å². The summed E-state index contributed by atoms with van der Waals surface area (Å²) in [5.41, 5.74) is 10.8. The van der Waals surface area contributed by atoms with Crippen LogP contribution in [0.2, 0.25) is 0 Å². The molecule has 0 saturated heterocycles. The van der Waals surface area contributed by atoms with Gasteiger partial charge in [-0.1, -0.05) is 0 Å².